The molecule has 0 bridgehead atoms. The second-order valence-corrected chi connectivity index (χ2v) is 9.48. The number of anilines is 3. The standard InChI is InChI=1S/C28H27N5O3/c1-17-8-10-21(31-25(34)18-6-5-7-20(14-18)32-27(36)28(2,3)4)16-23(17)33-26(35)19-9-11-22-24(15-19)30-13-12-29-22/h5-16H,1-4H3,(H,31,34)(H,32,36)(H,33,35). The highest BCUT2D eigenvalue weighted by Crippen LogP contribution is 2.23. The van der Waals surface area contributed by atoms with Gasteiger partial charge in [0.2, 0.25) is 5.91 Å². The van der Waals surface area contributed by atoms with Crippen LogP contribution in [-0.2, 0) is 4.79 Å². The summed E-state index contributed by atoms with van der Waals surface area (Å²) >= 11 is 0. The molecule has 3 aromatic carbocycles. The zero-order valence-corrected chi connectivity index (χ0v) is 20.5. The minimum Gasteiger partial charge on any atom is -0.326 e. The van der Waals surface area contributed by atoms with Crippen LogP contribution in [0.1, 0.15) is 47.1 Å². The van der Waals surface area contributed by atoms with Gasteiger partial charge in [0.05, 0.1) is 11.0 Å². The molecule has 0 saturated carbocycles. The number of aromatic nitrogens is 2. The maximum Gasteiger partial charge on any atom is 0.255 e. The van der Waals surface area contributed by atoms with Crippen LogP contribution < -0.4 is 16.0 Å². The quantitative estimate of drug-likeness (QED) is 0.352. The van der Waals surface area contributed by atoms with E-state index in [-0.39, 0.29) is 17.7 Å². The number of carbonyl (C=O) groups is 3. The van der Waals surface area contributed by atoms with Gasteiger partial charge in [-0.15, -0.1) is 0 Å². The molecule has 0 aliphatic rings. The molecule has 8 nitrogen and oxygen atoms in total. The van der Waals surface area contributed by atoms with Gasteiger partial charge in [0, 0.05) is 46.0 Å². The van der Waals surface area contributed by atoms with Crippen molar-refractivity contribution in [3.8, 4) is 0 Å². The molecule has 3 amide bonds. The number of hydrogen-bond donors (Lipinski definition) is 3. The summed E-state index contributed by atoms with van der Waals surface area (Å²) in [6, 6.07) is 17.1. The van der Waals surface area contributed by atoms with Gasteiger partial charge < -0.3 is 16.0 Å². The highest BCUT2D eigenvalue weighted by molar-refractivity contribution is 6.08. The number of nitrogens with one attached hydrogen (secondary N) is 3. The van der Waals surface area contributed by atoms with Crippen molar-refractivity contribution >= 4 is 45.8 Å². The lowest BCUT2D eigenvalue weighted by molar-refractivity contribution is -0.123. The highest BCUT2D eigenvalue weighted by atomic mass is 16.2. The molecule has 0 radical (unpaired) electrons. The molecule has 0 saturated heterocycles. The summed E-state index contributed by atoms with van der Waals surface area (Å²) in [5.41, 5.74) is 4.10. The number of carbonyl (C=O) groups excluding carboxylic acids is 3. The van der Waals surface area contributed by atoms with E-state index in [4.69, 9.17) is 0 Å². The van der Waals surface area contributed by atoms with Crippen molar-refractivity contribution in [1.82, 2.24) is 9.97 Å². The Morgan fingerprint density at radius 1 is 0.694 bits per heavy atom. The summed E-state index contributed by atoms with van der Waals surface area (Å²) in [5, 5.41) is 8.59. The largest absolute Gasteiger partial charge is 0.326 e. The summed E-state index contributed by atoms with van der Waals surface area (Å²) in [6.07, 6.45) is 3.18. The van der Waals surface area contributed by atoms with Gasteiger partial charge in [-0.25, -0.2) is 0 Å². The van der Waals surface area contributed by atoms with Crippen LogP contribution in [0.25, 0.3) is 11.0 Å². The predicted molar refractivity (Wildman–Crippen MR) is 141 cm³/mol. The summed E-state index contributed by atoms with van der Waals surface area (Å²) in [4.78, 5) is 46.5. The molecule has 0 unspecified atom stereocenters. The molecule has 0 atom stereocenters. The Hall–Kier alpha value is -4.59. The van der Waals surface area contributed by atoms with Crippen molar-refractivity contribution < 1.29 is 14.4 Å². The molecule has 1 aromatic heterocycles. The van der Waals surface area contributed by atoms with E-state index >= 15 is 0 Å². The van der Waals surface area contributed by atoms with Crippen molar-refractivity contribution in [1.29, 1.82) is 0 Å². The van der Waals surface area contributed by atoms with Gasteiger partial charge in [-0.3, -0.25) is 24.4 Å². The van der Waals surface area contributed by atoms with Crippen LogP contribution in [0.2, 0.25) is 0 Å². The zero-order chi connectivity index (χ0) is 25.9. The van der Waals surface area contributed by atoms with Gasteiger partial charge in [0.25, 0.3) is 11.8 Å². The number of aryl methyl sites for hydroxylation is 1. The van der Waals surface area contributed by atoms with Crippen LogP contribution >= 0.6 is 0 Å². The van der Waals surface area contributed by atoms with E-state index in [1.54, 1.807) is 67.0 Å². The number of nitrogens with zero attached hydrogens (tertiary/aromatic N) is 2. The summed E-state index contributed by atoms with van der Waals surface area (Å²) < 4.78 is 0. The topological polar surface area (TPSA) is 113 Å². The van der Waals surface area contributed by atoms with E-state index in [2.05, 4.69) is 25.9 Å². The third-order valence-electron chi connectivity index (χ3n) is 5.54. The fourth-order valence-electron chi connectivity index (χ4n) is 3.39. The molecule has 0 spiro atoms. The summed E-state index contributed by atoms with van der Waals surface area (Å²) in [7, 11) is 0. The van der Waals surface area contributed by atoms with Crippen molar-refractivity contribution in [2.75, 3.05) is 16.0 Å². The maximum absolute atomic E-state index is 12.9. The molecule has 182 valence electrons. The average molecular weight is 482 g/mol. The van der Waals surface area contributed by atoms with Gasteiger partial charge in [-0.05, 0) is 61.0 Å². The highest BCUT2D eigenvalue weighted by Gasteiger charge is 2.21. The molecule has 0 fully saturated rings. The fraction of sp³-hybridized carbons (Fsp3) is 0.179. The van der Waals surface area contributed by atoms with Crippen molar-refractivity contribution in [2.24, 2.45) is 5.41 Å². The Morgan fingerprint density at radius 3 is 2.11 bits per heavy atom. The first-order valence-corrected chi connectivity index (χ1v) is 11.5. The molecule has 1 heterocycles. The van der Waals surface area contributed by atoms with Crippen LogP contribution in [0, 0.1) is 12.3 Å². The molecule has 0 aliphatic carbocycles. The molecule has 36 heavy (non-hydrogen) atoms. The van der Waals surface area contributed by atoms with Crippen LogP contribution in [0.15, 0.2) is 73.1 Å². The van der Waals surface area contributed by atoms with E-state index in [0.717, 1.165) is 5.56 Å². The Kier molecular flexibility index (Phi) is 6.78. The number of benzene rings is 3. The second kappa shape index (κ2) is 9.95. The van der Waals surface area contributed by atoms with E-state index in [0.29, 0.717) is 39.2 Å². The van der Waals surface area contributed by atoms with Crippen LogP contribution in [0.4, 0.5) is 17.1 Å². The third-order valence-corrected chi connectivity index (χ3v) is 5.54. The van der Waals surface area contributed by atoms with Crippen LogP contribution in [0.5, 0.6) is 0 Å². The van der Waals surface area contributed by atoms with Crippen molar-refractivity contribution in [3.63, 3.8) is 0 Å². The van der Waals surface area contributed by atoms with Crippen molar-refractivity contribution in [2.45, 2.75) is 27.7 Å². The Bertz CT molecular complexity index is 1470. The normalized spacial score (nSPS) is 11.1. The number of fused-ring (bicyclic) bond motifs is 1. The van der Waals surface area contributed by atoms with Gasteiger partial charge >= 0.3 is 0 Å². The van der Waals surface area contributed by atoms with Gasteiger partial charge in [-0.2, -0.15) is 0 Å². The lowest BCUT2D eigenvalue weighted by Crippen LogP contribution is -2.27. The predicted octanol–water partition coefficient (Wildman–Crippen LogP) is 5.43. The van der Waals surface area contributed by atoms with Gasteiger partial charge in [-0.1, -0.05) is 32.9 Å². The third kappa shape index (κ3) is 5.72. The maximum atomic E-state index is 12.9. The van der Waals surface area contributed by atoms with Crippen LogP contribution in [0.3, 0.4) is 0 Å². The smallest absolute Gasteiger partial charge is 0.255 e. The Morgan fingerprint density at radius 2 is 1.36 bits per heavy atom. The second-order valence-electron chi connectivity index (χ2n) is 9.48. The van der Waals surface area contributed by atoms with Crippen molar-refractivity contribution in [3.05, 3.63) is 89.7 Å². The SMILES string of the molecule is Cc1ccc(NC(=O)c2cccc(NC(=O)C(C)(C)C)c2)cc1NC(=O)c1ccc2nccnc2c1. The molecule has 4 aromatic rings. The lowest BCUT2D eigenvalue weighted by atomic mass is 9.95. The lowest BCUT2D eigenvalue weighted by Gasteiger charge is -2.18. The van der Waals surface area contributed by atoms with E-state index < -0.39 is 5.41 Å². The van der Waals surface area contributed by atoms with Gasteiger partial charge in [0.1, 0.15) is 0 Å². The molecular weight excluding hydrogens is 454 g/mol. The molecular formula is C28H27N5O3. The molecule has 8 heteroatoms. The minimum atomic E-state index is -0.554. The fourth-order valence-corrected chi connectivity index (χ4v) is 3.39. The molecule has 0 aliphatic heterocycles. The first kappa shape index (κ1) is 24.5. The number of amides is 3. The van der Waals surface area contributed by atoms with E-state index in [9.17, 15) is 14.4 Å². The number of rotatable bonds is 5. The monoisotopic (exact) mass is 481 g/mol. The zero-order valence-electron chi connectivity index (χ0n) is 20.5. The first-order valence-electron chi connectivity index (χ1n) is 11.5. The van der Waals surface area contributed by atoms with Gasteiger partial charge in [0.15, 0.2) is 0 Å². The summed E-state index contributed by atoms with van der Waals surface area (Å²) in [6.45, 7) is 7.33. The minimum absolute atomic E-state index is 0.141. The number of hydrogen-bond acceptors (Lipinski definition) is 5. The van der Waals surface area contributed by atoms with E-state index in [1.807, 2.05) is 33.8 Å². The van der Waals surface area contributed by atoms with E-state index in [1.165, 1.54) is 0 Å². The Balaban J connectivity index is 1.48. The van der Waals surface area contributed by atoms with Crippen LogP contribution in [-0.4, -0.2) is 27.7 Å². The first-order chi connectivity index (χ1) is 17.1. The summed E-state index contributed by atoms with van der Waals surface area (Å²) in [5.74, 6) is -0.773. The Labute approximate surface area is 209 Å². The molecule has 3 N–H and O–H groups in total. The average Bonchev–Trinajstić information content (AvgIpc) is 2.85. The molecule has 4 rings (SSSR count).